The standard InChI is InChI=1S/C11H17N3O4S/c1-4-7-13(3)19(17,18)9-5-6-11(14(15)16)10(8-9)12-2/h5-6,8,12H,4,7H2,1-3H3. The van der Waals surface area contributed by atoms with Crippen molar-refractivity contribution in [1.82, 2.24) is 4.31 Å². The van der Waals surface area contributed by atoms with E-state index in [9.17, 15) is 18.5 Å². The van der Waals surface area contributed by atoms with E-state index in [0.717, 1.165) is 0 Å². The molecule has 0 spiro atoms. The van der Waals surface area contributed by atoms with Gasteiger partial charge in [0.1, 0.15) is 5.69 Å². The third-order valence-corrected chi connectivity index (χ3v) is 4.53. The fourth-order valence-electron chi connectivity index (χ4n) is 1.65. The number of sulfonamides is 1. The lowest BCUT2D eigenvalue weighted by atomic mass is 10.3. The number of benzene rings is 1. The zero-order chi connectivity index (χ0) is 14.6. The van der Waals surface area contributed by atoms with Crippen LogP contribution in [0.15, 0.2) is 23.1 Å². The van der Waals surface area contributed by atoms with Crippen LogP contribution >= 0.6 is 0 Å². The molecule has 0 bridgehead atoms. The van der Waals surface area contributed by atoms with Gasteiger partial charge in [0.25, 0.3) is 5.69 Å². The average Bonchev–Trinajstić information content (AvgIpc) is 2.37. The molecule has 0 amide bonds. The van der Waals surface area contributed by atoms with E-state index in [1.165, 1.54) is 36.6 Å². The molecule has 0 saturated heterocycles. The average molecular weight is 287 g/mol. The van der Waals surface area contributed by atoms with Crippen molar-refractivity contribution in [2.24, 2.45) is 0 Å². The van der Waals surface area contributed by atoms with Crippen LogP contribution in [0, 0.1) is 10.1 Å². The van der Waals surface area contributed by atoms with E-state index >= 15 is 0 Å². The maximum Gasteiger partial charge on any atom is 0.292 e. The fraction of sp³-hybridized carbons (Fsp3) is 0.455. The van der Waals surface area contributed by atoms with Gasteiger partial charge in [0, 0.05) is 26.7 Å². The third-order valence-electron chi connectivity index (χ3n) is 2.68. The fourth-order valence-corrected chi connectivity index (χ4v) is 2.94. The molecule has 0 aliphatic rings. The minimum absolute atomic E-state index is 0.0402. The predicted octanol–water partition coefficient (Wildman–Crippen LogP) is 1.67. The Morgan fingerprint density at radius 3 is 2.53 bits per heavy atom. The van der Waals surface area contributed by atoms with E-state index in [4.69, 9.17) is 0 Å². The molecule has 7 nitrogen and oxygen atoms in total. The number of nitrogens with one attached hydrogen (secondary N) is 1. The second kappa shape index (κ2) is 5.98. The number of anilines is 1. The van der Waals surface area contributed by atoms with Gasteiger partial charge in [-0.2, -0.15) is 0 Å². The van der Waals surface area contributed by atoms with Crippen LogP contribution in [0.2, 0.25) is 0 Å². The first-order chi connectivity index (χ1) is 8.84. The molecule has 0 atom stereocenters. The van der Waals surface area contributed by atoms with Gasteiger partial charge in [0.05, 0.1) is 9.82 Å². The molecule has 0 aliphatic heterocycles. The van der Waals surface area contributed by atoms with E-state index in [-0.39, 0.29) is 16.3 Å². The lowest BCUT2D eigenvalue weighted by Gasteiger charge is -2.16. The van der Waals surface area contributed by atoms with E-state index < -0.39 is 14.9 Å². The zero-order valence-electron chi connectivity index (χ0n) is 11.1. The van der Waals surface area contributed by atoms with Gasteiger partial charge in [-0.3, -0.25) is 10.1 Å². The van der Waals surface area contributed by atoms with Crippen LogP contribution in [0.5, 0.6) is 0 Å². The number of hydrogen-bond donors (Lipinski definition) is 1. The first-order valence-electron chi connectivity index (χ1n) is 5.77. The molecule has 0 aromatic heterocycles. The number of nitro benzene ring substituents is 1. The summed E-state index contributed by atoms with van der Waals surface area (Å²) >= 11 is 0. The molecule has 19 heavy (non-hydrogen) atoms. The maximum absolute atomic E-state index is 12.2. The van der Waals surface area contributed by atoms with Crippen LogP contribution in [0.3, 0.4) is 0 Å². The van der Waals surface area contributed by atoms with E-state index in [1.54, 1.807) is 0 Å². The summed E-state index contributed by atoms with van der Waals surface area (Å²) in [6.45, 7) is 2.27. The highest BCUT2D eigenvalue weighted by atomic mass is 32.2. The first kappa shape index (κ1) is 15.4. The third kappa shape index (κ3) is 3.21. The Hall–Kier alpha value is -1.67. The van der Waals surface area contributed by atoms with Gasteiger partial charge in [-0.05, 0) is 18.6 Å². The lowest BCUT2D eigenvalue weighted by Crippen LogP contribution is -2.27. The molecule has 106 valence electrons. The SMILES string of the molecule is CCCN(C)S(=O)(=O)c1ccc([N+](=O)[O-])c(NC)c1. The van der Waals surface area contributed by atoms with Crippen molar-refractivity contribution < 1.29 is 13.3 Å². The van der Waals surface area contributed by atoms with Crippen molar-refractivity contribution >= 4 is 21.4 Å². The molecule has 0 saturated carbocycles. The number of nitro groups is 1. The summed E-state index contributed by atoms with van der Waals surface area (Å²) in [5.41, 5.74) is 0.0237. The first-order valence-corrected chi connectivity index (χ1v) is 7.21. The Bertz CT molecular complexity index is 571. The molecule has 8 heteroatoms. The molecule has 1 rings (SSSR count). The van der Waals surface area contributed by atoms with Crippen molar-refractivity contribution in [3.05, 3.63) is 28.3 Å². The van der Waals surface area contributed by atoms with E-state index in [1.807, 2.05) is 6.92 Å². The lowest BCUT2D eigenvalue weighted by molar-refractivity contribution is -0.384. The van der Waals surface area contributed by atoms with Gasteiger partial charge < -0.3 is 5.32 Å². The van der Waals surface area contributed by atoms with Crippen molar-refractivity contribution in [2.45, 2.75) is 18.2 Å². The van der Waals surface area contributed by atoms with Gasteiger partial charge in [-0.1, -0.05) is 6.92 Å². The van der Waals surface area contributed by atoms with Crippen LogP contribution in [-0.2, 0) is 10.0 Å². The van der Waals surface area contributed by atoms with Crippen LogP contribution in [0.1, 0.15) is 13.3 Å². The van der Waals surface area contributed by atoms with Crippen LogP contribution < -0.4 is 5.32 Å². The molecule has 0 radical (unpaired) electrons. The summed E-state index contributed by atoms with van der Waals surface area (Å²) in [6, 6.07) is 3.72. The minimum Gasteiger partial charge on any atom is -0.383 e. The molecule has 0 unspecified atom stereocenters. The zero-order valence-corrected chi connectivity index (χ0v) is 11.9. The van der Waals surface area contributed by atoms with Crippen molar-refractivity contribution in [2.75, 3.05) is 26.0 Å². The molecule has 0 heterocycles. The van der Waals surface area contributed by atoms with Gasteiger partial charge in [0.15, 0.2) is 0 Å². The number of hydrogen-bond acceptors (Lipinski definition) is 5. The molecular formula is C11H17N3O4S. The Kier molecular flexibility index (Phi) is 4.84. The Balaban J connectivity index is 3.26. The van der Waals surface area contributed by atoms with Crippen LogP contribution in [0.25, 0.3) is 0 Å². The topological polar surface area (TPSA) is 92.5 Å². The molecular weight excluding hydrogens is 270 g/mol. The number of rotatable bonds is 6. The van der Waals surface area contributed by atoms with Gasteiger partial charge in [-0.25, -0.2) is 12.7 Å². The van der Waals surface area contributed by atoms with Gasteiger partial charge in [0.2, 0.25) is 10.0 Å². The molecule has 1 N–H and O–H groups in total. The van der Waals surface area contributed by atoms with Crippen molar-refractivity contribution in [1.29, 1.82) is 0 Å². The Labute approximate surface area is 112 Å². The van der Waals surface area contributed by atoms with Gasteiger partial charge >= 0.3 is 0 Å². The highest BCUT2D eigenvalue weighted by molar-refractivity contribution is 7.89. The van der Waals surface area contributed by atoms with Crippen molar-refractivity contribution in [3.8, 4) is 0 Å². The van der Waals surface area contributed by atoms with Crippen LogP contribution in [-0.4, -0.2) is 38.3 Å². The largest absolute Gasteiger partial charge is 0.383 e. The Morgan fingerprint density at radius 2 is 2.05 bits per heavy atom. The normalized spacial score (nSPS) is 11.6. The summed E-state index contributed by atoms with van der Waals surface area (Å²) in [5, 5.41) is 13.4. The highest BCUT2D eigenvalue weighted by Gasteiger charge is 2.23. The highest BCUT2D eigenvalue weighted by Crippen LogP contribution is 2.28. The van der Waals surface area contributed by atoms with Crippen molar-refractivity contribution in [3.63, 3.8) is 0 Å². The van der Waals surface area contributed by atoms with E-state index in [2.05, 4.69) is 5.32 Å². The van der Waals surface area contributed by atoms with Crippen LogP contribution in [0.4, 0.5) is 11.4 Å². The summed E-state index contributed by atoms with van der Waals surface area (Å²) < 4.78 is 25.6. The van der Waals surface area contributed by atoms with Gasteiger partial charge in [-0.15, -0.1) is 0 Å². The van der Waals surface area contributed by atoms with E-state index in [0.29, 0.717) is 13.0 Å². The minimum atomic E-state index is -3.61. The molecule has 0 fully saturated rings. The molecule has 0 aliphatic carbocycles. The predicted molar refractivity (Wildman–Crippen MR) is 72.7 cm³/mol. The smallest absolute Gasteiger partial charge is 0.292 e. The molecule has 1 aromatic carbocycles. The second-order valence-electron chi connectivity index (χ2n) is 4.01. The summed E-state index contributed by atoms with van der Waals surface area (Å²) in [6.07, 6.45) is 0.696. The quantitative estimate of drug-likeness (QED) is 0.634. The number of nitrogens with zero attached hydrogens (tertiary/aromatic N) is 2. The summed E-state index contributed by atoms with van der Waals surface area (Å²) in [4.78, 5) is 10.3. The summed E-state index contributed by atoms with van der Waals surface area (Å²) in [5.74, 6) is 0. The monoisotopic (exact) mass is 287 g/mol. The summed E-state index contributed by atoms with van der Waals surface area (Å²) in [7, 11) is -0.612. The second-order valence-corrected chi connectivity index (χ2v) is 6.06. The maximum atomic E-state index is 12.2. The molecule has 1 aromatic rings. The Morgan fingerprint density at radius 1 is 1.42 bits per heavy atom.